The monoisotopic (exact) mass is 355 g/mol. The lowest BCUT2D eigenvalue weighted by atomic mass is 10.0. The molecule has 3 nitrogen and oxygen atoms in total. The molecule has 110 valence electrons. The molecule has 1 heterocycles. The highest BCUT2D eigenvalue weighted by Gasteiger charge is 2.22. The highest BCUT2D eigenvalue weighted by atomic mass is 79.9. The van der Waals surface area contributed by atoms with E-state index in [1.807, 2.05) is 49.4 Å². The maximum Gasteiger partial charge on any atom is 0.158 e. The van der Waals surface area contributed by atoms with Gasteiger partial charge >= 0.3 is 0 Å². The molecule has 0 amide bonds. The number of terminal acetylenes is 1. The summed E-state index contributed by atoms with van der Waals surface area (Å²) in [5.74, 6) is 4.15. The first-order chi connectivity index (χ1) is 10.7. The Morgan fingerprint density at radius 2 is 2.05 bits per heavy atom. The fourth-order valence-corrected chi connectivity index (χ4v) is 2.58. The predicted octanol–water partition coefficient (Wildman–Crippen LogP) is 4.94. The molecule has 0 fully saturated rings. The van der Waals surface area contributed by atoms with Crippen LogP contribution in [0.2, 0.25) is 0 Å². The van der Waals surface area contributed by atoms with Crippen LogP contribution in [-0.4, -0.2) is 4.62 Å². The first-order valence-electron chi connectivity index (χ1n) is 6.89. The van der Waals surface area contributed by atoms with Crippen LogP contribution in [0, 0.1) is 19.3 Å². The zero-order valence-corrected chi connectivity index (χ0v) is 13.6. The second kappa shape index (κ2) is 6.25. The molecule has 0 bridgehead atoms. The van der Waals surface area contributed by atoms with E-state index < -0.39 is 0 Å². The fraction of sp³-hybridized carbons (Fsp3) is 0.167. The fourth-order valence-electron chi connectivity index (χ4n) is 2.20. The molecular weight excluding hydrogens is 342 g/mol. The summed E-state index contributed by atoms with van der Waals surface area (Å²) >= 11 is 3.35. The Bertz CT molecular complexity index is 760. The van der Waals surface area contributed by atoms with Gasteiger partial charge in [-0.05, 0) is 64.3 Å². The van der Waals surface area contributed by atoms with Gasteiger partial charge in [-0.15, -0.1) is 6.42 Å². The Morgan fingerprint density at radius 1 is 1.27 bits per heavy atom. The minimum atomic E-state index is -0.0684. The molecule has 0 aromatic heterocycles. The van der Waals surface area contributed by atoms with E-state index in [1.165, 1.54) is 0 Å². The lowest BCUT2D eigenvalue weighted by Gasteiger charge is -2.13. The van der Waals surface area contributed by atoms with Gasteiger partial charge < -0.3 is 9.57 Å². The molecule has 22 heavy (non-hydrogen) atoms. The summed E-state index contributed by atoms with van der Waals surface area (Å²) in [4.78, 5) is 5.39. The van der Waals surface area contributed by atoms with Crippen molar-refractivity contribution in [1.82, 2.24) is 0 Å². The average Bonchev–Trinajstić information content (AvgIpc) is 2.97. The highest BCUT2D eigenvalue weighted by Crippen LogP contribution is 2.33. The Balaban J connectivity index is 1.82. The predicted molar refractivity (Wildman–Crippen MR) is 90.4 cm³/mol. The molecule has 0 unspecified atom stereocenters. The van der Waals surface area contributed by atoms with E-state index in [4.69, 9.17) is 16.0 Å². The molecule has 0 N–H and O–H groups in total. The van der Waals surface area contributed by atoms with Gasteiger partial charge in [0.2, 0.25) is 0 Å². The third-order valence-electron chi connectivity index (χ3n) is 3.47. The molecule has 4 heteroatoms. The third kappa shape index (κ3) is 3.15. The molecule has 0 saturated carbocycles. The first kappa shape index (κ1) is 14.7. The number of benzene rings is 2. The largest absolute Gasteiger partial charge is 0.457 e. The zero-order chi connectivity index (χ0) is 15.5. The third-order valence-corrected chi connectivity index (χ3v) is 3.93. The van der Waals surface area contributed by atoms with E-state index in [1.54, 1.807) is 0 Å². The topological polar surface area (TPSA) is 30.8 Å². The Hall–Kier alpha value is -2.25. The maximum absolute atomic E-state index is 5.96. The van der Waals surface area contributed by atoms with Crippen LogP contribution >= 0.6 is 15.9 Å². The van der Waals surface area contributed by atoms with Crippen molar-refractivity contribution in [3.05, 3.63) is 59.2 Å². The van der Waals surface area contributed by atoms with Crippen LogP contribution in [0.3, 0.4) is 0 Å². The average molecular weight is 356 g/mol. The van der Waals surface area contributed by atoms with Gasteiger partial charge in [0.1, 0.15) is 16.1 Å². The van der Waals surface area contributed by atoms with Crippen molar-refractivity contribution in [1.29, 1.82) is 0 Å². The number of rotatable bonds is 3. The molecule has 2 aromatic rings. The Labute approximate surface area is 138 Å². The van der Waals surface area contributed by atoms with Gasteiger partial charge in [0.05, 0.1) is 0 Å². The van der Waals surface area contributed by atoms with Crippen molar-refractivity contribution in [2.75, 3.05) is 0 Å². The van der Waals surface area contributed by atoms with Gasteiger partial charge in [-0.2, -0.15) is 0 Å². The Morgan fingerprint density at radius 3 is 2.68 bits per heavy atom. The van der Waals surface area contributed by atoms with Gasteiger partial charge in [-0.3, -0.25) is 0 Å². The van der Waals surface area contributed by atoms with Crippen LogP contribution in [0.25, 0.3) is 0 Å². The van der Waals surface area contributed by atoms with E-state index in [9.17, 15) is 0 Å². The van der Waals surface area contributed by atoms with E-state index in [0.29, 0.717) is 0 Å². The first-order valence-corrected chi connectivity index (χ1v) is 7.68. The van der Waals surface area contributed by atoms with Crippen LogP contribution in [0.5, 0.6) is 11.5 Å². The highest BCUT2D eigenvalue weighted by molar-refractivity contribution is 9.18. The van der Waals surface area contributed by atoms with E-state index in [2.05, 4.69) is 27.0 Å². The van der Waals surface area contributed by atoms with Crippen molar-refractivity contribution in [2.45, 2.75) is 19.4 Å². The second-order valence-corrected chi connectivity index (χ2v) is 5.98. The number of aryl methyl sites for hydroxylation is 1. The molecule has 0 radical (unpaired) electrons. The summed E-state index contributed by atoms with van der Waals surface area (Å²) in [7, 11) is 0. The van der Waals surface area contributed by atoms with Crippen molar-refractivity contribution in [3.63, 3.8) is 0 Å². The van der Waals surface area contributed by atoms with Crippen molar-refractivity contribution in [2.24, 2.45) is 5.16 Å². The molecule has 1 atom stereocenters. The van der Waals surface area contributed by atoms with E-state index >= 15 is 0 Å². The van der Waals surface area contributed by atoms with Crippen molar-refractivity contribution in [3.8, 4) is 23.8 Å². The second-order valence-electron chi connectivity index (χ2n) is 5.06. The molecule has 0 spiro atoms. The zero-order valence-electron chi connectivity index (χ0n) is 12.0. The van der Waals surface area contributed by atoms with Gasteiger partial charge in [-0.25, -0.2) is 0 Å². The molecule has 2 aromatic carbocycles. The summed E-state index contributed by atoms with van der Waals surface area (Å²) in [6, 6.07) is 13.5. The number of halogens is 1. The normalized spacial score (nSPS) is 16.6. The summed E-state index contributed by atoms with van der Waals surface area (Å²) in [5.41, 5.74) is 2.93. The van der Waals surface area contributed by atoms with Crippen LogP contribution in [0.4, 0.5) is 0 Å². The number of ether oxygens (including phenoxy) is 1. The number of hydrogen-bond acceptors (Lipinski definition) is 3. The van der Waals surface area contributed by atoms with Crippen molar-refractivity contribution < 1.29 is 9.57 Å². The van der Waals surface area contributed by atoms with Gasteiger partial charge in [0.25, 0.3) is 0 Å². The SMILES string of the molecule is C#Cc1ccc(Oc2cc([C@H]3CC(Br)=NO3)ccc2C)cc1. The minimum Gasteiger partial charge on any atom is -0.457 e. The van der Waals surface area contributed by atoms with Crippen LogP contribution < -0.4 is 4.74 Å². The smallest absolute Gasteiger partial charge is 0.158 e. The molecular formula is C18H14BrNO2. The van der Waals surface area contributed by atoms with Gasteiger partial charge in [0, 0.05) is 12.0 Å². The number of nitrogens with zero attached hydrogens (tertiary/aromatic N) is 1. The quantitative estimate of drug-likeness (QED) is 0.730. The summed E-state index contributed by atoms with van der Waals surface area (Å²) < 4.78 is 6.79. The lowest BCUT2D eigenvalue weighted by Crippen LogP contribution is -1.98. The maximum atomic E-state index is 5.96. The van der Waals surface area contributed by atoms with E-state index in [-0.39, 0.29) is 6.10 Å². The summed E-state index contributed by atoms with van der Waals surface area (Å²) in [6.07, 6.45) is 6.03. The van der Waals surface area contributed by atoms with Crippen LogP contribution in [-0.2, 0) is 4.84 Å². The number of hydrogen-bond donors (Lipinski definition) is 0. The van der Waals surface area contributed by atoms with Gasteiger partial charge in [0.15, 0.2) is 6.10 Å². The number of oxime groups is 1. The lowest BCUT2D eigenvalue weighted by molar-refractivity contribution is 0.0856. The minimum absolute atomic E-state index is 0.0684. The van der Waals surface area contributed by atoms with Crippen LogP contribution in [0.15, 0.2) is 47.6 Å². The molecule has 0 aliphatic carbocycles. The van der Waals surface area contributed by atoms with Crippen molar-refractivity contribution >= 4 is 20.6 Å². The van der Waals surface area contributed by atoms with E-state index in [0.717, 1.165) is 39.2 Å². The molecule has 3 rings (SSSR count). The standard InChI is InChI=1S/C18H14BrNO2/c1-3-13-5-8-15(9-6-13)21-16-10-14(7-4-12(16)2)17-11-18(19)20-22-17/h1,4-10,17H,11H2,2H3/t17-/m1/s1. The summed E-state index contributed by atoms with van der Waals surface area (Å²) in [6.45, 7) is 2.01. The molecule has 1 aliphatic heterocycles. The van der Waals surface area contributed by atoms with Gasteiger partial charge in [-0.1, -0.05) is 23.2 Å². The molecule has 1 aliphatic rings. The summed E-state index contributed by atoms with van der Waals surface area (Å²) in [5, 5.41) is 3.92. The Kier molecular flexibility index (Phi) is 4.17. The van der Waals surface area contributed by atoms with Crippen LogP contribution in [0.1, 0.15) is 29.2 Å². The molecule has 0 saturated heterocycles.